The van der Waals surface area contributed by atoms with Gasteiger partial charge in [0.25, 0.3) is 5.91 Å². The van der Waals surface area contributed by atoms with Crippen molar-refractivity contribution < 1.29 is 19.1 Å². The summed E-state index contributed by atoms with van der Waals surface area (Å²) in [4.78, 5) is 26.4. The van der Waals surface area contributed by atoms with E-state index in [-0.39, 0.29) is 18.5 Å². The van der Waals surface area contributed by atoms with Crippen molar-refractivity contribution in [2.75, 3.05) is 18.5 Å². The third-order valence-electron chi connectivity index (χ3n) is 5.25. The predicted molar refractivity (Wildman–Crippen MR) is 116 cm³/mol. The van der Waals surface area contributed by atoms with Crippen LogP contribution in [0.3, 0.4) is 0 Å². The fourth-order valence-electron chi connectivity index (χ4n) is 3.54. The molecule has 0 saturated heterocycles. The lowest BCUT2D eigenvalue weighted by Crippen LogP contribution is -2.21. The van der Waals surface area contributed by atoms with Gasteiger partial charge in [0.05, 0.1) is 12.2 Å². The minimum atomic E-state index is -0.351. The molecule has 0 aliphatic heterocycles. The van der Waals surface area contributed by atoms with Crippen LogP contribution in [0.5, 0.6) is 5.75 Å². The number of rotatable bonds is 6. The fraction of sp³-hybridized carbons (Fsp3) is 0.478. The molecule has 1 amide bonds. The van der Waals surface area contributed by atoms with E-state index in [0.29, 0.717) is 22.9 Å². The number of anilines is 1. The van der Waals surface area contributed by atoms with Gasteiger partial charge < -0.3 is 14.8 Å². The molecule has 3 rings (SSSR count). The van der Waals surface area contributed by atoms with Crippen molar-refractivity contribution in [1.29, 1.82) is 0 Å². The topological polar surface area (TPSA) is 64.6 Å². The second-order valence-corrected chi connectivity index (χ2v) is 8.53. The number of esters is 1. The molecule has 1 aromatic carbocycles. The standard InChI is InChI=1S/C23H29NO4S/c1-4-27-23(26)21-18-9-7-5-6-8-10-19(18)29-22(21)24-20(25)14-28-17-12-11-15(2)16(3)13-17/h11-13H,4-10,14H2,1-3H3,(H,24,25). The van der Waals surface area contributed by atoms with Crippen molar-refractivity contribution in [2.24, 2.45) is 0 Å². The van der Waals surface area contributed by atoms with Crippen LogP contribution < -0.4 is 10.1 Å². The minimum Gasteiger partial charge on any atom is -0.484 e. The van der Waals surface area contributed by atoms with Gasteiger partial charge in [0.15, 0.2) is 6.61 Å². The number of ether oxygens (including phenoxy) is 2. The number of carbonyl (C=O) groups excluding carboxylic acids is 2. The van der Waals surface area contributed by atoms with Crippen LogP contribution in [0.4, 0.5) is 5.00 Å². The van der Waals surface area contributed by atoms with Crippen molar-refractivity contribution in [2.45, 2.75) is 59.3 Å². The molecule has 1 heterocycles. The van der Waals surface area contributed by atoms with Crippen LogP contribution in [0.25, 0.3) is 0 Å². The highest BCUT2D eigenvalue weighted by Gasteiger charge is 2.26. The normalized spacial score (nSPS) is 13.8. The lowest BCUT2D eigenvalue weighted by molar-refractivity contribution is -0.118. The average Bonchev–Trinajstić information content (AvgIpc) is 2.99. The van der Waals surface area contributed by atoms with Gasteiger partial charge in [-0.2, -0.15) is 0 Å². The van der Waals surface area contributed by atoms with Gasteiger partial charge >= 0.3 is 5.97 Å². The molecule has 0 spiro atoms. The van der Waals surface area contributed by atoms with Gasteiger partial charge in [-0.1, -0.05) is 18.9 Å². The molecule has 1 aromatic heterocycles. The summed E-state index contributed by atoms with van der Waals surface area (Å²) in [6.45, 7) is 6.05. The predicted octanol–water partition coefficient (Wildman–Crippen LogP) is 5.22. The monoisotopic (exact) mass is 415 g/mol. The summed E-state index contributed by atoms with van der Waals surface area (Å²) in [6, 6.07) is 5.75. The van der Waals surface area contributed by atoms with E-state index >= 15 is 0 Å². The summed E-state index contributed by atoms with van der Waals surface area (Å²) in [7, 11) is 0. The number of benzene rings is 1. The van der Waals surface area contributed by atoms with E-state index in [0.717, 1.165) is 36.8 Å². The first-order valence-electron chi connectivity index (χ1n) is 10.3. The number of hydrogen-bond donors (Lipinski definition) is 1. The Kier molecular flexibility index (Phi) is 7.31. The third kappa shape index (κ3) is 5.38. The SMILES string of the molecule is CCOC(=O)c1c(NC(=O)COc2ccc(C)c(C)c2)sc2c1CCCCCC2. The number of aryl methyl sites for hydroxylation is 3. The second kappa shape index (κ2) is 9.92. The van der Waals surface area contributed by atoms with Gasteiger partial charge in [0, 0.05) is 4.88 Å². The molecule has 0 atom stereocenters. The van der Waals surface area contributed by atoms with Gasteiger partial charge in [-0.05, 0) is 75.3 Å². The van der Waals surface area contributed by atoms with Crippen molar-refractivity contribution in [3.05, 3.63) is 45.3 Å². The Morgan fingerprint density at radius 1 is 1.07 bits per heavy atom. The quantitative estimate of drug-likeness (QED) is 0.657. The summed E-state index contributed by atoms with van der Waals surface area (Å²) in [6.07, 6.45) is 6.34. The maximum absolute atomic E-state index is 12.6. The highest BCUT2D eigenvalue weighted by atomic mass is 32.1. The number of amides is 1. The molecule has 6 heteroatoms. The molecule has 2 aromatic rings. The van der Waals surface area contributed by atoms with Crippen LogP contribution in [-0.2, 0) is 22.4 Å². The number of nitrogens with one attached hydrogen (secondary N) is 1. The van der Waals surface area contributed by atoms with E-state index in [4.69, 9.17) is 9.47 Å². The fourth-order valence-corrected chi connectivity index (χ4v) is 4.84. The number of carbonyl (C=O) groups is 2. The Hall–Kier alpha value is -2.34. The van der Waals surface area contributed by atoms with Crippen LogP contribution in [0.15, 0.2) is 18.2 Å². The lowest BCUT2D eigenvalue weighted by Gasteiger charge is -2.12. The van der Waals surface area contributed by atoms with Crippen molar-refractivity contribution in [3.8, 4) is 5.75 Å². The molecule has 1 N–H and O–H groups in total. The maximum Gasteiger partial charge on any atom is 0.341 e. The number of fused-ring (bicyclic) bond motifs is 1. The largest absolute Gasteiger partial charge is 0.484 e. The Morgan fingerprint density at radius 3 is 2.55 bits per heavy atom. The average molecular weight is 416 g/mol. The van der Waals surface area contributed by atoms with Crippen LogP contribution in [0, 0.1) is 13.8 Å². The first-order chi connectivity index (χ1) is 14.0. The molecule has 0 unspecified atom stereocenters. The van der Waals surface area contributed by atoms with E-state index in [1.807, 2.05) is 32.0 Å². The maximum atomic E-state index is 12.6. The molecular formula is C23H29NO4S. The van der Waals surface area contributed by atoms with E-state index in [1.54, 1.807) is 6.92 Å². The van der Waals surface area contributed by atoms with Crippen LogP contribution in [0.1, 0.15) is 64.5 Å². The first kappa shape index (κ1) is 21.4. The third-order valence-corrected chi connectivity index (χ3v) is 6.46. The summed E-state index contributed by atoms with van der Waals surface area (Å²) in [5, 5.41) is 3.48. The molecule has 0 fully saturated rings. The van der Waals surface area contributed by atoms with Gasteiger partial charge in [-0.15, -0.1) is 11.3 Å². The minimum absolute atomic E-state index is 0.104. The summed E-state index contributed by atoms with van der Waals surface area (Å²) >= 11 is 1.50. The molecular weight excluding hydrogens is 386 g/mol. The molecule has 29 heavy (non-hydrogen) atoms. The Balaban J connectivity index is 1.75. The molecule has 0 bridgehead atoms. The second-order valence-electron chi connectivity index (χ2n) is 7.43. The van der Waals surface area contributed by atoms with Crippen LogP contribution >= 0.6 is 11.3 Å². The van der Waals surface area contributed by atoms with Gasteiger partial charge in [-0.3, -0.25) is 4.79 Å². The molecule has 0 radical (unpaired) electrons. The molecule has 0 saturated carbocycles. The van der Waals surface area contributed by atoms with Gasteiger partial charge in [-0.25, -0.2) is 4.79 Å². The highest BCUT2D eigenvalue weighted by Crippen LogP contribution is 2.37. The van der Waals surface area contributed by atoms with Crippen LogP contribution in [-0.4, -0.2) is 25.1 Å². The lowest BCUT2D eigenvalue weighted by atomic mass is 9.96. The van der Waals surface area contributed by atoms with Gasteiger partial charge in [0.1, 0.15) is 10.8 Å². The summed E-state index contributed by atoms with van der Waals surface area (Å²) < 4.78 is 10.9. The zero-order chi connectivity index (χ0) is 20.8. The molecule has 1 aliphatic rings. The zero-order valence-corrected chi connectivity index (χ0v) is 18.2. The van der Waals surface area contributed by atoms with E-state index < -0.39 is 0 Å². The first-order valence-corrected chi connectivity index (χ1v) is 11.1. The molecule has 156 valence electrons. The molecule has 5 nitrogen and oxygen atoms in total. The highest BCUT2D eigenvalue weighted by molar-refractivity contribution is 7.17. The zero-order valence-electron chi connectivity index (χ0n) is 17.4. The summed E-state index contributed by atoms with van der Waals surface area (Å²) in [5.74, 6) is 0.0336. The van der Waals surface area contributed by atoms with Gasteiger partial charge in [0.2, 0.25) is 0 Å². The van der Waals surface area contributed by atoms with Crippen molar-refractivity contribution in [1.82, 2.24) is 0 Å². The van der Waals surface area contributed by atoms with Crippen molar-refractivity contribution >= 4 is 28.2 Å². The Morgan fingerprint density at radius 2 is 1.83 bits per heavy atom. The number of hydrogen-bond acceptors (Lipinski definition) is 5. The number of thiophene rings is 1. The van der Waals surface area contributed by atoms with E-state index in [9.17, 15) is 9.59 Å². The molecule has 1 aliphatic carbocycles. The Bertz CT molecular complexity index is 887. The van der Waals surface area contributed by atoms with E-state index in [2.05, 4.69) is 5.32 Å². The Labute approximate surface area is 176 Å². The van der Waals surface area contributed by atoms with Crippen molar-refractivity contribution in [3.63, 3.8) is 0 Å². The van der Waals surface area contributed by atoms with E-state index in [1.165, 1.54) is 34.6 Å². The smallest absolute Gasteiger partial charge is 0.341 e. The summed E-state index contributed by atoms with van der Waals surface area (Å²) in [5.41, 5.74) is 3.88. The van der Waals surface area contributed by atoms with Crippen LogP contribution in [0.2, 0.25) is 0 Å².